The quantitative estimate of drug-likeness (QED) is 0.325. The van der Waals surface area contributed by atoms with Crippen molar-refractivity contribution in [2.75, 3.05) is 33.1 Å². The molecule has 3 rings (SSSR count). The number of thioether (sulfide) groups is 1. The zero-order valence-electron chi connectivity index (χ0n) is 18.9. The van der Waals surface area contributed by atoms with Crippen LogP contribution in [0.2, 0.25) is 0 Å². The number of carbonyl (C=O) groups is 3. The molecule has 1 saturated heterocycles. The molecule has 180 valence electrons. The van der Waals surface area contributed by atoms with Crippen molar-refractivity contribution in [2.45, 2.75) is 17.7 Å². The van der Waals surface area contributed by atoms with Gasteiger partial charge in [-0.1, -0.05) is 30.3 Å². The maximum absolute atomic E-state index is 14.5. The number of esters is 1. The van der Waals surface area contributed by atoms with E-state index in [9.17, 15) is 23.9 Å². The molecule has 2 atom stereocenters. The number of Topliss-reactive ketones (excluding diaryl/α,β-unsaturated/α-hetero) is 1. The Morgan fingerprint density at radius 2 is 1.97 bits per heavy atom. The molecule has 0 bridgehead atoms. The maximum Gasteiger partial charge on any atom is 0.328 e. The van der Waals surface area contributed by atoms with E-state index >= 15 is 0 Å². The Hall–Kier alpha value is -3.17. The highest BCUT2D eigenvalue weighted by Crippen LogP contribution is 2.34. The van der Waals surface area contributed by atoms with Crippen molar-refractivity contribution in [1.29, 1.82) is 0 Å². The number of rotatable bonds is 9. The fourth-order valence-corrected chi connectivity index (χ4v) is 5.08. The highest BCUT2D eigenvalue weighted by molar-refractivity contribution is 8.00. The van der Waals surface area contributed by atoms with Crippen molar-refractivity contribution >= 4 is 29.5 Å². The molecule has 7 nitrogen and oxygen atoms in total. The van der Waals surface area contributed by atoms with Crippen LogP contribution in [0.25, 0.3) is 0 Å². The minimum absolute atomic E-state index is 0.0974. The third kappa shape index (κ3) is 6.24. The highest BCUT2D eigenvalue weighted by atomic mass is 32.2. The van der Waals surface area contributed by atoms with Gasteiger partial charge in [-0.15, -0.1) is 11.8 Å². The van der Waals surface area contributed by atoms with Gasteiger partial charge in [0, 0.05) is 35.5 Å². The van der Waals surface area contributed by atoms with Crippen molar-refractivity contribution in [3.8, 4) is 5.75 Å². The third-order valence-corrected chi connectivity index (χ3v) is 6.95. The molecule has 34 heavy (non-hydrogen) atoms. The SMILES string of the molecule is COC(=O)C(c1ccccc1F)N1CC[C@H](SCC(=O)c2cccc(OC)c2)/C(=C/C(=O)O)C1. The van der Waals surface area contributed by atoms with Crippen LogP contribution < -0.4 is 4.74 Å². The highest BCUT2D eigenvalue weighted by Gasteiger charge is 2.36. The van der Waals surface area contributed by atoms with Crippen molar-refractivity contribution in [3.63, 3.8) is 0 Å². The van der Waals surface area contributed by atoms with Gasteiger partial charge in [-0.3, -0.25) is 9.69 Å². The van der Waals surface area contributed by atoms with Crippen LogP contribution in [0.15, 0.2) is 60.2 Å². The Morgan fingerprint density at radius 1 is 1.21 bits per heavy atom. The Bertz CT molecular complexity index is 1090. The molecule has 2 aromatic carbocycles. The fourth-order valence-electron chi connectivity index (χ4n) is 3.93. The van der Waals surface area contributed by atoms with Crippen molar-refractivity contribution < 1.29 is 33.4 Å². The summed E-state index contributed by atoms with van der Waals surface area (Å²) >= 11 is 1.35. The number of methoxy groups -OCH3 is 2. The predicted molar refractivity (Wildman–Crippen MR) is 127 cm³/mol. The fraction of sp³-hybridized carbons (Fsp3) is 0.320. The van der Waals surface area contributed by atoms with Gasteiger partial charge in [0.25, 0.3) is 0 Å². The first-order valence-electron chi connectivity index (χ1n) is 10.6. The van der Waals surface area contributed by atoms with E-state index in [1.807, 2.05) is 0 Å². The number of carboxylic acids is 1. The lowest BCUT2D eigenvalue weighted by atomic mass is 9.98. The summed E-state index contributed by atoms with van der Waals surface area (Å²) in [6, 6.07) is 11.8. The number of benzene rings is 2. The molecule has 1 unspecified atom stereocenters. The molecule has 0 saturated carbocycles. The van der Waals surface area contributed by atoms with Gasteiger partial charge in [0.15, 0.2) is 5.78 Å². The summed E-state index contributed by atoms with van der Waals surface area (Å²) < 4.78 is 24.6. The number of ether oxygens (including phenoxy) is 2. The number of halogens is 1. The van der Waals surface area contributed by atoms with Crippen LogP contribution in [-0.2, 0) is 14.3 Å². The van der Waals surface area contributed by atoms with Crippen molar-refractivity contribution in [1.82, 2.24) is 4.90 Å². The first-order valence-corrected chi connectivity index (χ1v) is 11.7. The minimum Gasteiger partial charge on any atom is -0.497 e. The standard InChI is InChI=1S/C25H26FNO6S/c1-32-18-7-5-6-16(12-18)21(28)15-34-22-10-11-27(14-17(22)13-23(29)30)24(25(31)33-2)19-8-3-4-9-20(19)26/h3-9,12-13,22,24H,10-11,14-15H2,1-2H3,(H,29,30)/b17-13+/t22-,24?/m0/s1. The van der Waals surface area contributed by atoms with E-state index in [-0.39, 0.29) is 28.9 Å². The molecule has 1 N–H and O–H groups in total. The molecule has 9 heteroatoms. The largest absolute Gasteiger partial charge is 0.497 e. The van der Waals surface area contributed by atoms with Gasteiger partial charge < -0.3 is 14.6 Å². The predicted octanol–water partition coefficient (Wildman–Crippen LogP) is 3.75. The number of carbonyl (C=O) groups excluding carboxylic acids is 2. The van der Waals surface area contributed by atoms with E-state index in [0.717, 1.165) is 6.08 Å². The van der Waals surface area contributed by atoms with Gasteiger partial charge in [0.05, 0.1) is 20.0 Å². The van der Waals surface area contributed by atoms with Crippen LogP contribution in [0.3, 0.4) is 0 Å². The lowest BCUT2D eigenvalue weighted by molar-refractivity contribution is -0.147. The Morgan fingerprint density at radius 3 is 2.65 bits per heavy atom. The first-order chi connectivity index (χ1) is 16.3. The van der Waals surface area contributed by atoms with Gasteiger partial charge >= 0.3 is 11.9 Å². The molecule has 1 aliphatic rings. The lowest BCUT2D eigenvalue weighted by Gasteiger charge is -2.37. The number of piperidine rings is 1. The number of hydrogen-bond donors (Lipinski definition) is 1. The second kappa shape index (κ2) is 11.8. The molecule has 1 heterocycles. The number of aliphatic carboxylic acids is 1. The summed E-state index contributed by atoms with van der Waals surface area (Å²) in [6.45, 7) is 0.529. The van der Waals surface area contributed by atoms with Crippen LogP contribution in [0.4, 0.5) is 4.39 Å². The van der Waals surface area contributed by atoms with Crippen molar-refractivity contribution in [3.05, 3.63) is 77.1 Å². The van der Waals surface area contributed by atoms with Crippen LogP contribution in [-0.4, -0.2) is 66.0 Å². The number of likely N-dealkylation sites (tertiary alicyclic amines) is 1. The van der Waals surface area contributed by atoms with Crippen LogP contribution >= 0.6 is 11.8 Å². The lowest BCUT2D eigenvalue weighted by Crippen LogP contribution is -2.43. The smallest absolute Gasteiger partial charge is 0.328 e. The second-order valence-corrected chi connectivity index (χ2v) is 8.91. The third-order valence-electron chi connectivity index (χ3n) is 5.58. The second-order valence-electron chi connectivity index (χ2n) is 7.72. The zero-order valence-corrected chi connectivity index (χ0v) is 19.7. The van der Waals surface area contributed by atoms with Crippen LogP contribution in [0.5, 0.6) is 5.75 Å². The zero-order chi connectivity index (χ0) is 24.7. The summed E-state index contributed by atoms with van der Waals surface area (Å²) in [6.07, 6.45) is 1.59. The van der Waals surface area contributed by atoms with E-state index in [1.165, 1.54) is 44.2 Å². The number of nitrogens with zero attached hydrogens (tertiary/aromatic N) is 1. The van der Waals surface area contributed by atoms with Crippen LogP contribution in [0.1, 0.15) is 28.4 Å². The summed E-state index contributed by atoms with van der Waals surface area (Å²) in [5.74, 6) is -1.65. The average Bonchev–Trinajstić information content (AvgIpc) is 2.84. The normalized spacial score (nSPS) is 18.3. The van der Waals surface area contributed by atoms with E-state index in [2.05, 4.69) is 0 Å². The molecule has 1 aliphatic heterocycles. The molecule has 0 amide bonds. The molecule has 0 aromatic heterocycles. The van der Waals surface area contributed by atoms with Gasteiger partial charge in [-0.2, -0.15) is 0 Å². The molecule has 0 aliphatic carbocycles. The molecule has 0 spiro atoms. The summed E-state index contributed by atoms with van der Waals surface area (Å²) in [5.41, 5.74) is 1.23. The van der Waals surface area contributed by atoms with Crippen molar-refractivity contribution in [2.24, 2.45) is 0 Å². The van der Waals surface area contributed by atoms with E-state index in [0.29, 0.717) is 29.9 Å². The summed E-state index contributed by atoms with van der Waals surface area (Å²) in [5, 5.41) is 9.17. The molecular weight excluding hydrogens is 461 g/mol. The van der Waals surface area contributed by atoms with E-state index in [1.54, 1.807) is 35.2 Å². The van der Waals surface area contributed by atoms with Gasteiger partial charge in [0.1, 0.15) is 17.6 Å². The number of carboxylic acid groups (broad SMARTS) is 1. The number of ketones is 1. The topological polar surface area (TPSA) is 93.1 Å². The Kier molecular flexibility index (Phi) is 8.84. The Balaban J connectivity index is 1.77. The molecule has 1 fully saturated rings. The summed E-state index contributed by atoms with van der Waals surface area (Å²) in [4.78, 5) is 38.5. The molecule has 0 radical (unpaired) electrons. The monoisotopic (exact) mass is 487 g/mol. The van der Waals surface area contributed by atoms with Crippen LogP contribution in [0, 0.1) is 5.82 Å². The van der Waals surface area contributed by atoms with Gasteiger partial charge in [0.2, 0.25) is 0 Å². The maximum atomic E-state index is 14.5. The van der Waals surface area contributed by atoms with E-state index in [4.69, 9.17) is 9.47 Å². The number of hydrogen-bond acceptors (Lipinski definition) is 7. The Labute approximate surface area is 201 Å². The molecule has 2 aromatic rings. The van der Waals surface area contributed by atoms with Gasteiger partial charge in [-0.25, -0.2) is 14.0 Å². The molecular formula is C25H26FNO6S. The van der Waals surface area contributed by atoms with Gasteiger partial charge in [-0.05, 0) is 30.2 Å². The summed E-state index contributed by atoms with van der Waals surface area (Å²) in [7, 11) is 2.76. The van der Waals surface area contributed by atoms with E-state index < -0.39 is 23.8 Å². The minimum atomic E-state index is -1.12. The first kappa shape index (κ1) is 25.5. The average molecular weight is 488 g/mol.